The lowest BCUT2D eigenvalue weighted by atomic mass is 9.88. The first-order chi connectivity index (χ1) is 12.2. The van der Waals surface area contributed by atoms with Gasteiger partial charge in [0.15, 0.2) is 0 Å². The molecule has 1 saturated heterocycles. The Labute approximate surface area is 147 Å². The maximum atomic E-state index is 11.8. The number of rotatable bonds is 4. The van der Waals surface area contributed by atoms with E-state index < -0.39 is 12.0 Å². The second-order valence-corrected chi connectivity index (χ2v) is 6.75. The molecule has 0 bridgehead atoms. The minimum Gasteiger partial charge on any atom is -0.480 e. The van der Waals surface area contributed by atoms with E-state index in [1.807, 2.05) is 36.4 Å². The molecule has 1 atom stereocenters. The number of hydrogen-bond acceptors (Lipinski definition) is 2. The van der Waals surface area contributed by atoms with Crippen molar-refractivity contribution in [3.8, 4) is 0 Å². The number of H-pyrrole nitrogens is 1. The third-order valence-electron chi connectivity index (χ3n) is 5.30. The van der Waals surface area contributed by atoms with Crippen molar-refractivity contribution in [2.75, 3.05) is 13.1 Å². The largest absolute Gasteiger partial charge is 0.480 e. The zero-order chi connectivity index (χ0) is 17.2. The molecule has 0 radical (unpaired) electrons. The molecule has 0 saturated carbocycles. The molecule has 0 amide bonds. The smallest absolute Gasteiger partial charge is 0.325 e. The number of para-hydroxylation sites is 1. The number of likely N-dealkylation sites (tertiary alicyclic amines) is 1. The average Bonchev–Trinajstić information content (AvgIpc) is 3.07. The van der Waals surface area contributed by atoms with Crippen molar-refractivity contribution in [2.45, 2.75) is 24.8 Å². The Morgan fingerprint density at radius 2 is 1.72 bits per heavy atom. The van der Waals surface area contributed by atoms with Crippen molar-refractivity contribution < 1.29 is 9.90 Å². The molecule has 2 aromatic carbocycles. The fourth-order valence-electron chi connectivity index (χ4n) is 4.05. The van der Waals surface area contributed by atoms with Gasteiger partial charge in [-0.25, -0.2) is 0 Å². The second-order valence-electron chi connectivity index (χ2n) is 6.75. The van der Waals surface area contributed by atoms with Gasteiger partial charge in [-0.1, -0.05) is 48.5 Å². The number of carboxylic acid groups (broad SMARTS) is 1. The predicted molar refractivity (Wildman–Crippen MR) is 98.7 cm³/mol. The topological polar surface area (TPSA) is 56.3 Å². The standard InChI is InChI=1S/C21H22N2O2/c24-21(25)20(16-6-2-1-3-7-16)23-12-10-15(11-13-23)18-14-22-19-9-5-4-8-17(18)19/h1-9,14-15,20,22H,10-13H2,(H,24,25). The molecule has 2 N–H and O–H groups in total. The lowest BCUT2D eigenvalue weighted by Crippen LogP contribution is -2.39. The van der Waals surface area contributed by atoms with Crippen molar-refractivity contribution >= 4 is 16.9 Å². The molecular formula is C21H22N2O2. The molecule has 1 aliphatic heterocycles. The van der Waals surface area contributed by atoms with Crippen LogP contribution in [0.5, 0.6) is 0 Å². The lowest BCUT2D eigenvalue weighted by molar-refractivity contribution is -0.144. The maximum Gasteiger partial charge on any atom is 0.325 e. The molecule has 1 fully saturated rings. The normalized spacial score (nSPS) is 17.6. The Hall–Kier alpha value is -2.59. The number of fused-ring (bicyclic) bond motifs is 1. The van der Waals surface area contributed by atoms with Crippen molar-refractivity contribution in [3.63, 3.8) is 0 Å². The first-order valence-electron chi connectivity index (χ1n) is 8.82. The first kappa shape index (κ1) is 15.9. The number of carboxylic acids is 1. The Morgan fingerprint density at radius 3 is 2.44 bits per heavy atom. The molecule has 3 aromatic rings. The summed E-state index contributed by atoms with van der Waals surface area (Å²) in [5, 5.41) is 11.0. The highest BCUT2D eigenvalue weighted by Crippen LogP contribution is 2.35. The number of piperidine rings is 1. The Bertz CT molecular complexity index is 864. The quantitative estimate of drug-likeness (QED) is 0.753. The number of nitrogens with zero attached hydrogens (tertiary/aromatic N) is 1. The van der Waals surface area contributed by atoms with Gasteiger partial charge in [0.1, 0.15) is 6.04 Å². The molecule has 2 heterocycles. The average molecular weight is 334 g/mol. The highest BCUT2D eigenvalue weighted by atomic mass is 16.4. The number of nitrogens with one attached hydrogen (secondary N) is 1. The molecule has 128 valence electrons. The van der Waals surface area contributed by atoms with Crippen LogP contribution in [0.4, 0.5) is 0 Å². The molecule has 0 aliphatic carbocycles. The molecular weight excluding hydrogens is 312 g/mol. The number of benzene rings is 2. The summed E-state index contributed by atoms with van der Waals surface area (Å²) in [6.45, 7) is 1.60. The summed E-state index contributed by atoms with van der Waals surface area (Å²) in [6, 6.07) is 17.4. The number of carbonyl (C=O) groups is 1. The van der Waals surface area contributed by atoms with Crippen molar-refractivity contribution in [1.29, 1.82) is 0 Å². The van der Waals surface area contributed by atoms with Gasteiger partial charge < -0.3 is 10.1 Å². The molecule has 4 heteroatoms. The number of aliphatic carboxylic acids is 1. The van der Waals surface area contributed by atoms with E-state index in [4.69, 9.17) is 0 Å². The zero-order valence-electron chi connectivity index (χ0n) is 14.1. The van der Waals surface area contributed by atoms with Crippen LogP contribution < -0.4 is 0 Å². The van der Waals surface area contributed by atoms with Crippen LogP contribution in [0, 0.1) is 0 Å². The van der Waals surface area contributed by atoms with E-state index in [0.717, 1.165) is 31.5 Å². The maximum absolute atomic E-state index is 11.8. The van der Waals surface area contributed by atoms with Gasteiger partial charge >= 0.3 is 5.97 Å². The summed E-state index contributed by atoms with van der Waals surface area (Å²) in [4.78, 5) is 17.3. The summed E-state index contributed by atoms with van der Waals surface area (Å²) in [5.74, 6) is -0.283. The van der Waals surface area contributed by atoms with Gasteiger partial charge in [0, 0.05) is 17.1 Å². The number of aromatic amines is 1. The minimum absolute atomic E-state index is 0.484. The van der Waals surface area contributed by atoms with Crippen LogP contribution in [0.1, 0.15) is 35.9 Å². The molecule has 4 rings (SSSR count). The summed E-state index contributed by atoms with van der Waals surface area (Å²) in [7, 11) is 0. The molecule has 0 spiro atoms. The minimum atomic E-state index is -0.767. The fourth-order valence-corrected chi connectivity index (χ4v) is 4.05. The number of aromatic nitrogens is 1. The van der Waals surface area contributed by atoms with E-state index >= 15 is 0 Å². The predicted octanol–water partition coefficient (Wildman–Crippen LogP) is 4.17. The van der Waals surface area contributed by atoms with E-state index in [1.165, 1.54) is 16.5 Å². The summed E-state index contributed by atoms with van der Waals surface area (Å²) >= 11 is 0. The van der Waals surface area contributed by atoms with Crippen molar-refractivity contribution in [1.82, 2.24) is 9.88 Å². The lowest BCUT2D eigenvalue weighted by Gasteiger charge is -2.35. The van der Waals surface area contributed by atoms with Crippen molar-refractivity contribution in [3.05, 3.63) is 71.9 Å². The van der Waals surface area contributed by atoms with Crippen molar-refractivity contribution in [2.24, 2.45) is 0 Å². The van der Waals surface area contributed by atoms with Gasteiger partial charge in [0.2, 0.25) is 0 Å². The van der Waals surface area contributed by atoms with E-state index in [9.17, 15) is 9.90 Å². The second kappa shape index (κ2) is 6.73. The van der Waals surface area contributed by atoms with Gasteiger partial charge in [-0.15, -0.1) is 0 Å². The van der Waals surface area contributed by atoms with Gasteiger partial charge in [0.25, 0.3) is 0 Å². The fraction of sp³-hybridized carbons (Fsp3) is 0.286. The van der Waals surface area contributed by atoms with Crippen LogP contribution in [0.15, 0.2) is 60.8 Å². The van der Waals surface area contributed by atoms with E-state index in [0.29, 0.717) is 5.92 Å². The van der Waals surface area contributed by atoms with Gasteiger partial charge in [0.05, 0.1) is 0 Å². The summed E-state index contributed by atoms with van der Waals surface area (Å²) < 4.78 is 0. The van der Waals surface area contributed by atoms with Crippen LogP contribution in [0.3, 0.4) is 0 Å². The molecule has 1 unspecified atom stereocenters. The van der Waals surface area contributed by atoms with Crippen LogP contribution in [-0.2, 0) is 4.79 Å². The molecule has 1 aromatic heterocycles. The third-order valence-corrected chi connectivity index (χ3v) is 5.30. The Kier molecular flexibility index (Phi) is 4.28. The number of hydrogen-bond donors (Lipinski definition) is 2. The highest BCUT2D eigenvalue weighted by Gasteiger charge is 2.31. The molecule has 1 aliphatic rings. The van der Waals surface area contributed by atoms with Gasteiger partial charge in [-0.3, -0.25) is 9.69 Å². The van der Waals surface area contributed by atoms with E-state index in [-0.39, 0.29) is 0 Å². The van der Waals surface area contributed by atoms with Crippen LogP contribution in [0.25, 0.3) is 10.9 Å². The molecule has 4 nitrogen and oxygen atoms in total. The van der Waals surface area contributed by atoms with E-state index in [1.54, 1.807) is 0 Å². The first-order valence-corrected chi connectivity index (χ1v) is 8.82. The Morgan fingerprint density at radius 1 is 1.04 bits per heavy atom. The summed E-state index contributed by atoms with van der Waals surface area (Å²) in [6.07, 6.45) is 4.09. The van der Waals surface area contributed by atoms with Crippen LogP contribution in [0.2, 0.25) is 0 Å². The van der Waals surface area contributed by atoms with Gasteiger partial charge in [-0.2, -0.15) is 0 Å². The van der Waals surface area contributed by atoms with Gasteiger partial charge in [-0.05, 0) is 49.0 Å². The molecule has 25 heavy (non-hydrogen) atoms. The third kappa shape index (κ3) is 3.05. The van der Waals surface area contributed by atoms with E-state index in [2.05, 4.69) is 34.3 Å². The Balaban J connectivity index is 1.51. The monoisotopic (exact) mass is 334 g/mol. The highest BCUT2D eigenvalue weighted by molar-refractivity contribution is 5.83. The van der Waals surface area contributed by atoms with Crippen LogP contribution >= 0.6 is 0 Å². The van der Waals surface area contributed by atoms with Crippen LogP contribution in [-0.4, -0.2) is 34.0 Å². The zero-order valence-corrected chi connectivity index (χ0v) is 14.1. The SMILES string of the molecule is O=C(O)C(c1ccccc1)N1CCC(c2c[nH]c3ccccc23)CC1. The summed E-state index contributed by atoms with van der Waals surface area (Å²) in [5.41, 5.74) is 3.40.